The predicted molar refractivity (Wildman–Crippen MR) is 45.2 cm³/mol. The summed E-state index contributed by atoms with van der Waals surface area (Å²) in [6.45, 7) is 5.34. The number of nitrogens with zero attached hydrogens (tertiary/aromatic N) is 2. The first-order valence-electron chi connectivity index (χ1n) is 4.24. The SMILES string of the molecule is CC(C)(C#N)CC(=O)N1CCC1. The van der Waals surface area contributed by atoms with Gasteiger partial charge in [-0.25, -0.2) is 0 Å². The normalized spacial score (nSPS) is 16.6. The molecule has 0 bridgehead atoms. The molecule has 0 aliphatic carbocycles. The van der Waals surface area contributed by atoms with Crippen molar-refractivity contribution in [2.75, 3.05) is 13.1 Å². The summed E-state index contributed by atoms with van der Waals surface area (Å²) in [6.07, 6.45) is 1.46. The van der Waals surface area contributed by atoms with E-state index in [4.69, 9.17) is 5.26 Å². The molecule has 1 heterocycles. The molecule has 3 nitrogen and oxygen atoms in total. The van der Waals surface area contributed by atoms with Gasteiger partial charge in [0.2, 0.25) is 5.91 Å². The van der Waals surface area contributed by atoms with Gasteiger partial charge in [0, 0.05) is 19.5 Å². The van der Waals surface area contributed by atoms with E-state index in [1.54, 1.807) is 18.7 Å². The largest absolute Gasteiger partial charge is 0.343 e. The highest BCUT2D eigenvalue weighted by Crippen LogP contribution is 2.21. The molecule has 1 amide bonds. The van der Waals surface area contributed by atoms with Gasteiger partial charge in [-0.2, -0.15) is 5.26 Å². The Morgan fingerprint density at radius 1 is 1.58 bits per heavy atom. The van der Waals surface area contributed by atoms with Crippen LogP contribution < -0.4 is 0 Å². The molecule has 1 fully saturated rings. The fraction of sp³-hybridized carbons (Fsp3) is 0.778. The van der Waals surface area contributed by atoms with E-state index in [2.05, 4.69) is 6.07 Å². The van der Waals surface area contributed by atoms with Gasteiger partial charge in [0.25, 0.3) is 0 Å². The van der Waals surface area contributed by atoms with Gasteiger partial charge in [0.15, 0.2) is 0 Å². The minimum absolute atomic E-state index is 0.118. The predicted octanol–water partition coefficient (Wildman–Crippen LogP) is 1.16. The van der Waals surface area contributed by atoms with Crippen molar-refractivity contribution in [3.05, 3.63) is 0 Å². The number of carbonyl (C=O) groups is 1. The van der Waals surface area contributed by atoms with Crippen LogP contribution >= 0.6 is 0 Å². The minimum Gasteiger partial charge on any atom is -0.343 e. The summed E-state index contributed by atoms with van der Waals surface area (Å²) in [5.74, 6) is 0.118. The van der Waals surface area contributed by atoms with Crippen LogP contribution in [0, 0.1) is 16.7 Å². The van der Waals surface area contributed by atoms with Crippen LogP contribution in [0.5, 0.6) is 0 Å². The Bertz CT molecular complexity index is 223. The monoisotopic (exact) mass is 166 g/mol. The fourth-order valence-corrected chi connectivity index (χ4v) is 1.10. The van der Waals surface area contributed by atoms with Crippen molar-refractivity contribution < 1.29 is 4.79 Å². The average Bonchev–Trinajstić information content (AvgIpc) is 1.82. The van der Waals surface area contributed by atoms with Gasteiger partial charge in [0.1, 0.15) is 0 Å². The highest BCUT2D eigenvalue weighted by atomic mass is 16.2. The number of likely N-dealkylation sites (tertiary alicyclic amines) is 1. The van der Waals surface area contributed by atoms with E-state index in [0.29, 0.717) is 6.42 Å². The lowest BCUT2D eigenvalue weighted by Crippen LogP contribution is -2.43. The quantitative estimate of drug-likeness (QED) is 0.617. The smallest absolute Gasteiger partial charge is 0.224 e. The standard InChI is InChI=1S/C9H14N2O/c1-9(2,7-10)6-8(12)11-4-3-5-11/h3-6H2,1-2H3. The van der Waals surface area contributed by atoms with Crippen LogP contribution in [0.2, 0.25) is 0 Å². The van der Waals surface area contributed by atoms with Gasteiger partial charge in [-0.3, -0.25) is 4.79 Å². The Balaban J connectivity index is 2.40. The third-order valence-electron chi connectivity index (χ3n) is 2.10. The first-order valence-corrected chi connectivity index (χ1v) is 4.24. The molecular formula is C9H14N2O. The lowest BCUT2D eigenvalue weighted by atomic mass is 9.90. The highest BCUT2D eigenvalue weighted by Gasteiger charge is 2.27. The molecule has 0 radical (unpaired) electrons. The molecule has 0 aromatic carbocycles. The first kappa shape index (κ1) is 9.05. The summed E-state index contributed by atoms with van der Waals surface area (Å²) >= 11 is 0. The van der Waals surface area contributed by atoms with Crippen LogP contribution in [0.4, 0.5) is 0 Å². The Kier molecular flexibility index (Phi) is 2.37. The van der Waals surface area contributed by atoms with Crippen molar-refractivity contribution in [3.8, 4) is 6.07 Å². The Morgan fingerprint density at radius 3 is 2.50 bits per heavy atom. The number of hydrogen-bond acceptors (Lipinski definition) is 2. The van der Waals surface area contributed by atoms with E-state index in [-0.39, 0.29) is 5.91 Å². The second-order valence-electron chi connectivity index (χ2n) is 3.91. The third kappa shape index (κ3) is 1.97. The topological polar surface area (TPSA) is 44.1 Å². The second-order valence-corrected chi connectivity index (χ2v) is 3.91. The molecule has 1 rings (SSSR count). The van der Waals surface area contributed by atoms with Crippen LogP contribution in [0.25, 0.3) is 0 Å². The van der Waals surface area contributed by atoms with Crippen molar-refractivity contribution in [2.45, 2.75) is 26.7 Å². The zero-order valence-corrected chi connectivity index (χ0v) is 7.63. The zero-order chi connectivity index (χ0) is 9.19. The molecule has 0 aromatic rings. The van der Waals surface area contributed by atoms with Gasteiger partial charge < -0.3 is 4.90 Å². The maximum absolute atomic E-state index is 11.4. The van der Waals surface area contributed by atoms with Crippen LogP contribution in [0.15, 0.2) is 0 Å². The van der Waals surface area contributed by atoms with Crippen molar-refractivity contribution in [2.24, 2.45) is 5.41 Å². The van der Waals surface area contributed by atoms with Gasteiger partial charge in [0.05, 0.1) is 11.5 Å². The van der Waals surface area contributed by atoms with E-state index in [1.807, 2.05) is 0 Å². The minimum atomic E-state index is -0.507. The average molecular weight is 166 g/mol. The van der Waals surface area contributed by atoms with Crippen molar-refractivity contribution >= 4 is 5.91 Å². The summed E-state index contributed by atoms with van der Waals surface area (Å²) in [5.41, 5.74) is -0.507. The number of amides is 1. The molecule has 12 heavy (non-hydrogen) atoms. The van der Waals surface area contributed by atoms with Gasteiger partial charge in [-0.05, 0) is 20.3 Å². The molecule has 0 spiro atoms. The van der Waals surface area contributed by atoms with Gasteiger partial charge >= 0.3 is 0 Å². The van der Waals surface area contributed by atoms with Crippen LogP contribution in [-0.4, -0.2) is 23.9 Å². The van der Waals surface area contributed by atoms with Crippen molar-refractivity contribution in [1.82, 2.24) is 4.90 Å². The van der Waals surface area contributed by atoms with E-state index in [1.165, 1.54) is 0 Å². The lowest BCUT2D eigenvalue weighted by molar-refractivity contribution is -0.136. The maximum Gasteiger partial charge on any atom is 0.224 e. The lowest BCUT2D eigenvalue weighted by Gasteiger charge is -2.32. The second kappa shape index (κ2) is 3.14. The number of hydrogen-bond donors (Lipinski definition) is 0. The Morgan fingerprint density at radius 2 is 2.17 bits per heavy atom. The van der Waals surface area contributed by atoms with E-state index in [9.17, 15) is 4.79 Å². The van der Waals surface area contributed by atoms with E-state index in [0.717, 1.165) is 19.5 Å². The zero-order valence-electron chi connectivity index (χ0n) is 7.63. The highest BCUT2D eigenvalue weighted by molar-refractivity contribution is 5.77. The molecular weight excluding hydrogens is 152 g/mol. The summed E-state index contributed by atoms with van der Waals surface area (Å²) in [5, 5.41) is 8.69. The van der Waals surface area contributed by atoms with Crippen molar-refractivity contribution in [3.63, 3.8) is 0 Å². The van der Waals surface area contributed by atoms with E-state index >= 15 is 0 Å². The van der Waals surface area contributed by atoms with Gasteiger partial charge in [-0.1, -0.05) is 0 Å². The summed E-state index contributed by atoms with van der Waals surface area (Å²) < 4.78 is 0. The Labute approximate surface area is 73.0 Å². The van der Waals surface area contributed by atoms with Crippen LogP contribution in [0.3, 0.4) is 0 Å². The molecule has 0 unspecified atom stereocenters. The first-order chi connectivity index (χ1) is 5.55. The maximum atomic E-state index is 11.4. The summed E-state index contributed by atoms with van der Waals surface area (Å²) in [6, 6.07) is 2.13. The number of rotatable bonds is 2. The van der Waals surface area contributed by atoms with Crippen LogP contribution in [0.1, 0.15) is 26.7 Å². The molecule has 1 aliphatic rings. The summed E-state index contributed by atoms with van der Waals surface area (Å²) in [7, 11) is 0. The molecule has 66 valence electrons. The summed E-state index contributed by atoms with van der Waals surface area (Å²) in [4.78, 5) is 13.2. The molecule has 1 aliphatic heterocycles. The Hall–Kier alpha value is -1.04. The molecule has 0 aromatic heterocycles. The molecule has 1 saturated heterocycles. The van der Waals surface area contributed by atoms with Crippen LogP contribution in [-0.2, 0) is 4.79 Å². The third-order valence-corrected chi connectivity index (χ3v) is 2.10. The van der Waals surface area contributed by atoms with Gasteiger partial charge in [-0.15, -0.1) is 0 Å². The molecule has 0 saturated carbocycles. The fourth-order valence-electron chi connectivity index (χ4n) is 1.10. The van der Waals surface area contributed by atoms with Crippen molar-refractivity contribution in [1.29, 1.82) is 5.26 Å². The molecule has 0 N–H and O–H groups in total. The number of nitriles is 1. The molecule has 0 atom stereocenters. The van der Waals surface area contributed by atoms with E-state index < -0.39 is 5.41 Å². The number of carbonyl (C=O) groups excluding carboxylic acids is 1. The molecule has 3 heteroatoms.